The van der Waals surface area contributed by atoms with Crippen LogP contribution in [0.5, 0.6) is 17.2 Å². The Labute approximate surface area is 122 Å². The van der Waals surface area contributed by atoms with E-state index in [0.29, 0.717) is 28.5 Å². The van der Waals surface area contributed by atoms with Crippen molar-refractivity contribution in [1.29, 1.82) is 0 Å². The zero-order chi connectivity index (χ0) is 15.4. The Morgan fingerprint density at radius 3 is 2.24 bits per heavy atom. The van der Waals surface area contributed by atoms with Crippen LogP contribution < -0.4 is 14.2 Å². The summed E-state index contributed by atoms with van der Waals surface area (Å²) in [6, 6.07) is 3.43. The van der Waals surface area contributed by atoms with Crippen LogP contribution in [0.4, 0.5) is 0 Å². The van der Waals surface area contributed by atoms with E-state index in [4.69, 9.17) is 19.0 Å². The van der Waals surface area contributed by atoms with Crippen LogP contribution in [0, 0.1) is 0 Å². The number of rotatable bonds is 5. The Kier molecular flexibility index (Phi) is 4.52. The van der Waals surface area contributed by atoms with E-state index in [9.17, 15) is 4.79 Å². The summed E-state index contributed by atoms with van der Waals surface area (Å²) in [4.78, 5) is 16.6. The Morgan fingerprint density at radius 2 is 1.76 bits per heavy atom. The second kappa shape index (κ2) is 6.34. The molecule has 0 saturated heterocycles. The highest BCUT2D eigenvalue weighted by molar-refractivity contribution is 6.07. The molecule has 0 saturated carbocycles. The van der Waals surface area contributed by atoms with Gasteiger partial charge in [-0.15, -0.1) is 0 Å². The number of methoxy groups -OCH3 is 4. The maximum Gasteiger partial charge on any atom is 0.350 e. The largest absolute Gasteiger partial charge is 0.496 e. The number of carbonyl (C=O) groups is 1. The third-order valence-electron chi connectivity index (χ3n) is 3.14. The summed E-state index contributed by atoms with van der Waals surface area (Å²) in [7, 11) is 5.92. The summed E-state index contributed by atoms with van der Waals surface area (Å²) in [5.74, 6) is 1.18. The first-order valence-corrected chi connectivity index (χ1v) is 6.25. The zero-order valence-corrected chi connectivity index (χ0v) is 12.3. The Hall–Kier alpha value is -2.44. The molecule has 1 aliphatic heterocycles. The minimum absolute atomic E-state index is 0.283. The van der Waals surface area contributed by atoms with Gasteiger partial charge in [0.15, 0.2) is 0 Å². The summed E-state index contributed by atoms with van der Waals surface area (Å²) in [6.45, 7) is 0. The van der Waals surface area contributed by atoms with Crippen molar-refractivity contribution in [2.45, 2.75) is 12.5 Å². The van der Waals surface area contributed by atoms with Crippen LogP contribution in [0.3, 0.4) is 0 Å². The van der Waals surface area contributed by atoms with E-state index in [1.807, 2.05) is 0 Å². The molecule has 0 spiro atoms. The molecule has 1 atom stereocenters. The fraction of sp³-hybridized carbons (Fsp3) is 0.429. The van der Waals surface area contributed by atoms with Crippen LogP contribution >= 0.6 is 0 Å². The van der Waals surface area contributed by atoms with Crippen molar-refractivity contribution < 1.29 is 28.6 Å². The molecule has 0 N–H and O–H groups in total. The van der Waals surface area contributed by atoms with Gasteiger partial charge in [-0.05, 0) is 0 Å². The molecule has 0 fully saturated rings. The first-order chi connectivity index (χ1) is 10.1. The van der Waals surface area contributed by atoms with Gasteiger partial charge in [0.1, 0.15) is 17.2 Å². The second-order valence-electron chi connectivity index (χ2n) is 4.27. The van der Waals surface area contributed by atoms with Gasteiger partial charge in [-0.1, -0.05) is 5.16 Å². The van der Waals surface area contributed by atoms with E-state index in [-0.39, 0.29) is 6.42 Å². The molecule has 1 aromatic carbocycles. The van der Waals surface area contributed by atoms with Gasteiger partial charge in [-0.2, -0.15) is 0 Å². The molecule has 0 unspecified atom stereocenters. The van der Waals surface area contributed by atoms with Crippen molar-refractivity contribution in [3.8, 4) is 17.2 Å². The zero-order valence-electron chi connectivity index (χ0n) is 12.3. The molecule has 2 rings (SSSR count). The van der Waals surface area contributed by atoms with Crippen LogP contribution in [0.2, 0.25) is 0 Å². The molecule has 21 heavy (non-hydrogen) atoms. The summed E-state index contributed by atoms with van der Waals surface area (Å²) in [6.07, 6.45) is -0.465. The monoisotopic (exact) mass is 295 g/mol. The first-order valence-electron chi connectivity index (χ1n) is 6.25. The topological polar surface area (TPSA) is 75.6 Å². The molecule has 7 heteroatoms. The van der Waals surface area contributed by atoms with Crippen molar-refractivity contribution in [3.63, 3.8) is 0 Å². The third-order valence-corrected chi connectivity index (χ3v) is 3.14. The molecular weight excluding hydrogens is 278 g/mol. The highest BCUT2D eigenvalue weighted by Gasteiger charge is 2.32. The fourth-order valence-electron chi connectivity index (χ4n) is 2.07. The summed E-state index contributed by atoms with van der Waals surface area (Å²) in [5.41, 5.74) is 1.19. The lowest BCUT2D eigenvalue weighted by Gasteiger charge is -2.14. The fourth-order valence-corrected chi connectivity index (χ4v) is 2.07. The van der Waals surface area contributed by atoms with Crippen LogP contribution in [0.25, 0.3) is 0 Å². The summed E-state index contributed by atoms with van der Waals surface area (Å²) in [5, 5.41) is 3.94. The second-order valence-corrected chi connectivity index (χ2v) is 4.27. The van der Waals surface area contributed by atoms with E-state index in [2.05, 4.69) is 9.89 Å². The highest BCUT2D eigenvalue weighted by atomic mass is 16.7. The molecule has 0 aromatic heterocycles. The van der Waals surface area contributed by atoms with E-state index in [1.165, 1.54) is 21.3 Å². The lowest BCUT2D eigenvalue weighted by Crippen LogP contribution is -2.22. The number of carbonyl (C=O) groups excluding carboxylic acids is 1. The van der Waals surface area contributed by atoms with Crippen LogP contribution in [0.15, 0.2) is 17.3 Å². The quantitative estimate of drug-likeness (QED) is 0.764. The van der Waals surface area contributed by atoms with Crippen molar-refractivity contribution in [2.24, 2.45) is 5.16 Å². The van der Waals surface area contributed by atoms with E-state index < -0.39 is 12.1 Å². The Bertz CT molecular complexity index is 544. The number of benzene rings is 1. The molecule has 0 amide bonds. The Morgan fingerprint density at radius 1 is 1.14 bits per heavy atom. The average Bonchev–Trinajstić information content (AvgIpc) is 3.01. The molecule has 1 aliphatic rings. The summed E-state index contributed by atoms with van der Waals surface area (Å²) >= 11 is 0. The van der Waals surface area contributed by atoms with Crippen LogP contribution in [-0.2, 0) is 14.4 Å². The van der Waals surface area contributed by atoms with Gasteiger partial charge in [0, 0.05) is 18.6 Å². The molecule has 0 aliphatic carbocycles. The number of esters is 1. The van der Waals surface area contributed by atoms with Crippen LogP contribution in [-0.4, -0.2) is 46.2 Å². The van der Waals surface area contributed by atoms with Gasteiger partial charge < -0.3 is 23.8 Å². The predicted octanol–water partition coefficient (Wildman–Crippen LogP) is 1.38. The van der Waals surface area contributed by atoms with Gasteiger partial charge in [0.05, 0.1) is 39.7 Å². The van der Waals surface area contributed by atoms with Gasteiger partial charge in [0.25, 0.3) is 0 Å². The normalized spacial score (nSPS) is 16.8. The smallest absolute Gasteiger partial charge is 0.350 e. The van der Waals surface area contributed by atoms with Crippen molar-refractivity contribution in [2.75, 3.05) is 28.4 Å². The number of hydrogen-bond donors (Lipinski definition) is 0. The van der Waals surface area contributed by atoms with Gasteiger partial charge >= 0.3 is 5.97 Å². The molecule has 0 bridgehead atoms. The van der Waals surface area contributed by atoms with Gasteiger partial charge in [-0.3, -0.25) is 0 Å². The van der Waals surface area contributed by atoms with Crippen molar-refractivity contribution in [3.05, 3.63) is 17.7 Å². The molecule has 1 aromatic rings. The maximum absolute atomic E-state index is 11.5. The molecule has 0 radical (unpaired) electrons. The van der Waals surface area contributed by atoms with Crippen molar-refractivity contribution in [1.82, 2.24) is 0 Å². The number of ether oxygens (including phenoxy) is 4. The SMILES string of the molecule is COC(=O)[C@@H]1CC(c2c(OC)cc(OC)cc2OC)=NO1. The lowest BCUT2D eigenvalue weighted by atomic mass is 10.0. The summed E-state index contributed by atoms with van der Waals surface area (Å²) < 4.78 is 20.5. The molecule has 1 heterocycles. The standard InChI is InChI=1S/C14H17NO6/c1-17-8-5-10(18-2)13(11(6-8)19-3)9-7-12(21-15-9)14(16)20-4/h5-6,12H,7H2,1-4H3/t12-/m0/s1. The average molecular weight is 295 g/mol. The van der Waals surface area contributed by atoms with E-state index in [0.717, 1.165) is 0 Å². The van der Waals surface area contributed by atoms with E-state index >= 15 is 0 Å². The van der Waals surface area contributed by atoms with Gasteiger partial charge in [0.2, 0.25) is 6.10 Å². The maximum atomic E-state index is 11.5. The highest BCUT2D eigenvalue weighted by Crippen LogP contribution is 2.36. The number of nitrogens with zero attached hydrogens (tertiary/aromatic N) is 1. The third kappa shape index (κ3) is 2.86. The Balaban J connectivity index is 2.38. The first kappa shape index (κ1) is 15.0. The molecule has 114 valence electrons. The minimum Gasteiger partial charge on any atom is -0.496 e. The van der Waals surface area contributed by atoms with Gasteiger partial charge in [-0.25, -0.2) is 4.79 Å². The van der Waals surface area contributed by atoms with Crippen LogP contribution in [0.1, 0.15) is 12.0 Å². The minimum atomic E-state index is -0.749. The number of hydrogen-bond acceptors (Lipinski definition) is 7. The van der Waals surface area contributed by atoms with E-state index in [1.54, 1.807) is 19.2 Å². The lowest BCUT2D eigenvalue weighted by molar-refractivity contribution is -0.152. The molecular formula is C14H17NO6. The number of oxime groups is 1. The predicted molar refractivity (Wildman–Crippen MR) is 74.1 cm³/mol. The van der Waals surface area contributed by atoms with Crippen molar-refractivity contribution >= 4 is 11.7 Å². The molecule has 7 nitrogen and oxygen atoms in total.